The van der Waals surface area contributed by atoms with Gasteiger partial charge in [-0.2, -0.15) is 0 Å². The van der Waals surface area contributed by atoms with Gasteiger partial charge in [0.05, 0.1) is 12.7 Å². The van der Waals surface area contributed by atoms with Crippen molar-refractivity contribution < 1.29 is 48.8 Å². The van der Waals surface area contributed by atoms with Crippen molar-refractivity contribution in [3.8, 4) is 0 Å². The van der Waals surface area contributed by atoms with Gasteiger partial charge in [-0.25, -0.2) is 0 Å². The summed E-state index contributed by atoms with van der Waals surface area (Å²) < 4.78 is 33.0. The highest BCUT2D eigenvalue weighted by molar-refractivity contribution is 4.95. The maximum Gasteiger partial charge on any atom is 0.187 e. The van der Waals surface area contributed by atoms with E-state index in [9.17, 15) is 20.4 Å². The van der Waals surface area contributed by atoms with E-state index in [0.717, 1.165) is 0 Å². The number of aliphatic hydroxyl groups excluding tert-OH is 4. The average molecular weight is 380 g/mol. The molecule has 3 rings (SSSR count). The SMILES string of the molecule is CO[C@@H]1OC(C)[C@@H](O[C@@H]2OC3COC(C)(C)O[C@H]3[C@@H](O)C2O)C(O)[C@@H]1O. The van der Waals surface area contributed by atoms with Crippen molar-refractivity contribution in [2.45, 2.75) is 88.0 Å². The van der Waals surface area contributed by atoms with Crippen molar-refractivity contribution in [3.63, 3.8) is 0 Å². The highest BCUT2D eigenvalue weighted by atomic mass is 16.8. The molecule has 0 amide bonds. The second-order valence-electron chi connectivity index (χ2n) is 7.34. The van der Waals surface area contributed by atoms with Crippen LogP contribution in [0.15, 0.2) is 0 Å². The fraction of sp³-hybridized carbons (Fsp3) is 1.00. The van der Waals surface area contributed by atoms with Gasteiger partial charge in [-0.1, -0.05) is 0 Å². The van der Waals surface area contributed by atoms with Gasteiger partial charge in [0, 0.05) is 7.11 Å². The van der Waals surface area contributed by atoms with Crippen LogP contribution in [0.3, 0.4) is 0 Å². The first kappa shape index (κ1) is 20.3. The molecule has 10 heteroatoms. The van der Waals surface area contributed by atoms with Crippen LogP contribution in [0, 0.1) is 0 Å². The van der Waals surface area contributed by atoms with Gasteiger partial charge in [-0.3, -0.25) is 0 Å². The van der Waals surface area contributed by atoms with Gasteiger partial charge in [0.2, 0.25) is 0 Å². The predicted molar refractivity (Wildman–Crippen MR) is 83.8 cm³/mol. The summed E-state index contributed by atoms with van der Waals surface area (Å²) in [6, 6.07) is 0. The molecule has 26 heavy (non-hydrogen) atoms. The molecule has 3 saturated heterocycles. The molecule has 3 heterocycles. The Morgan fingerprint density at radius 1 is 0.923 bits per heavy atom. The van der Waals surface area contributed by atoms with E-state index in [1.807, 2.05) is 0 Å². The van der Waals surface area contributed by atoms with Gasteiger partial charge < -0.3 is 48.8 Å². The van der Waals surface area contributed by atoms with Crippen LogP contribution in [0.25, 0.3) is 0 Å². The topological polar surface area (TPSA) is 136 Å². The molecule has 3 aliphatic rings. The summed E-state index contributed by atoms with van der Waals surface area (Å²) >= 11 is 0. The molecule has 0 saturated carbocycles. The van der Waals surface area contributed by atoms with Gasteiger partial charge in [-0.15, -0.1) is 0 Å². The largest absolute Gasteiger partial charge is 0.387 e. The smallest absolute Gasteiger partial charge is 0.187 e. The van der Waals surface area contributed by atoms with Crippen molar-refractivity contribution >= 4 is 0 Å². The van der Waals surface area contributed by atoms with Crippen molar-refractivity contribution in [2.75, 3.05) is 13.7 Å². The van der Waals surface area contributed by atoms with Crippen LogP contribution >= 0.6 is 0 Å². The summed E-state index contributed by atoms with van der Waals surface area (Å²) in [7, 11) is 1.35. The van der Waals surface area contributed by atoms with Crippen LogP contribution in [0.5, 0.6) is 0 Å². The number of aliphatic hydroxyl groups is 4. The van der Waals surface area contributed by atoms with Crippen LogP contribution < -0.4 is 0 Å². The van der Waals surface area contributed by atoms with Gasteiger partial charge in [0.15, 0.2) is 18.4 Å². The second kappa shape index (κ2) is 7.55. The molecule has 0 aliphatic carbocycles. The molecule has 3 aliphatic heterocycles. The standard InChI is InChI=1S/C16H28O10/c1-6-12(8(17)10(19)14(21-4)23-6)25-15-11(20)9(18)13-7(24-15)5-22-16(2,3)26-13/h6-15,17-20H,5H2,1-4H3/t6?,7?,8?,9-,10-,11?,12+,13+,14+,15-/m0/s1. The van der Waals surface area contributed by atoms with E-state index in [4.69, 9.17) is 28.4 Å². The third-order valence-electron chi connectivity index (χ3n) is 4.96. The third kappa shape index (κ3) is 3.76. The summed E-state index contributed by atoms with van der Waals surface area (Å²) in [6.07, 6.45) is -10.7. The zero-order chi connectivity index (χ0) is 19.2. The van der Waals surface area contributed by atoms with Crippen molar-refractivity contribution in [3.05, 3.63) is 0 Å². The lowest BCUT2D eigenvalue weighted by Gasteiger charge is -2.50. The quantitative estimate of drug-likeness (QED) is 0.439. The highest BCUT2D eigenvalue weighted by Crippen LogP contribution is 2.34. The Kier molecular flexibility index (Phi) is 5.91. The molecule has 4 unspecified atom stereocenters. The molecule has 3 fully saturated rings. The summed E-state index contributed by atoms with van der Waals surface area (Å²) in [6.45, 7) is 5.19. The summed E-state index contributed by atoms with van der Waals surface area (Å²) in [5.41, 5.74) is 0. The number of fused-ring (bicyclic) bond motifs is 1. The molecule has 4 N–H and O–H groups in total. The number of rotatable bonds is 3. The second-order valence-corrected chi connectivity index (χ2v) is 7.34. The number of hydrogen-bond acceptors (Lipinski definition) is 10. The minimum absolute atomic E-state index is 0.148. The maximum absolute atomic E-state index is 10.4. The lowest BCUT2D eigenvalue weighted by molar-refractivity contribution is -0.397. The molecule has 152 valence electrons. The summed E-state index contributed by atoms with van der Waals surface area (Å²) in [5.74, 6) is -0.903. The van der Waals surface area contributed by atoms with E-state index < -0.39 is 67.2 Å². The molecule has 10 nitrogen and oxygen atoms in total. The zero-order valence-electron chi connectivity index (χ0n) is 15.2. The Labute approximate surface area is 151 Å². The highest BCUT2D eigenvalue weighted by Gasteiger charge is 2.53. The van der Waals surface area contributed by atoms with E-state index in [0.29, 0.717) is 0 Å². The van der Waals surface area contributed by atoms with Crippen molar-refractivity contribution in [1.29, 1.82) is 0 Å². The molecule has 0 spiro atoms. The predicted octanol–water partition coefficient (Wildman–Crippen LogP) is -1.92. The number of hydrogen-bond donors (Lipinski definition) is 4. The Morgan fingerprint density at radius 2 is 1.58 bits per heavy atom. The molecule has 0 aromatic heterocycles. The Bertz CT molecular complexity index is 486. The van der Waals surface area contributed by atoms with Crippen LogP contribution in [-0.4, -0.2) is 101 Å². The van der Waals surface area contributed by atoms with Crippen LogP contribution in [0.1, 0.15) is 20.8 Å². The summed E-state index contributed by atoms with van der Waals surface area (Å²) in [4.78, 5) is 0. The fourth-order valence-corrected chi connectivity index (χ4v) is 3.49. The first-order valence-corrected chi connectivity index (χ1v) is 8.68. The van der Waals surface area contributed by atoms with E-state index in [2.05, 4.69) is 0 Å². The number of ether oxygens (including phenoxy) is 6. The monoisotopic (exact) mass is 380 g/mol. The van der Waals surface area contributed by atoms with Gasteiger partial charge in [0.25, 0.3) is 0 Å². The third-order valence-corrected chi connectivity index (χ3v) is 4.96. The minimum Gasteiger partial charge on any atom is -0.387 e. The molecular weight excluding hydrogens is 352 g/mol. The molecule has 10 atom stereocenters. The Morgan fingerprint density at radius 3 is 2.23 bits per heavy atom. The van der Waals surface area contributed by atoms with E-state index in [1.165, 1.54) is 7.11 Å². The van der Waals surface area contributed by atoms with Crippen molar-refractivity contribution in [2.24, 2.45) is 0 Å². The lowest BCUT2D eigenvalue weighted by atomic mass is 9.96. The van der Waals surface area contributed by atoms with E-state index in [-0.39, 0.29) is 6.61 Å². The molecule has 0 aromatic carbocycles. The molecule has 0 bridgehead atoms. The van der Waals surface area contributed by atoms with Crippen LogP contribution in [-0.2, 0) is 28.4 Å². The van der Waals surface area contributed by atoms with Gasteiger partial charge in [-0.05, 0) is 20.8 Å². The normalized spacial score (nSPS) is 51.7. The number of methoxy groups -OCH3 is 1. The molecule has 0 radical (unpaired) electrons. The van der Waals surface area contributed by atoms with Crippen molar-refractivity contribution in [1.82, 2.24) is 0 Å². The first-order chi connectivity index (χ1) is 12.1. The lowest BCUT2D eigenvalue weighted by Crippen LogP contribution is -2.66. The zero-order valence-corrected chi connectivity index (χ0v) is 15.2. The van der Waals surface area contributed by atoms with E-state index in [1.54, 1.807) is 20.8 Å². The Balaban J connectivity index is 1.68. The molecular formula is C16H28O10. The Hall–Kier alpha value is -0.400. The fourth-order valence-electron chi connectivity index (χ4n) is 3.49. The van der Waals surface area contributed by atoms with Crippen LogP contribution in [0.4, 0.5) is 0 Å². The van der Waals surface area contributed by atoms with E-state index >= 15 is 0 Å². The summed E-state index contributed by atoms with van der Waals surface area (Å²) in [5, 5.41) is 41.2. The van der Waals surface area contributed by atoms with Crippen LogP contribution in [0.2, 0.25) is 0 Å². The average Bonchev–Trinajstić information content (AvgIpc) is 2.59. The minimum atomic E-state index is -1.41. The van der Waals surface area contributed by atoms with Gasteiger partial charge in [0.1, 0.15) is 42.7 Å². The first-order valence-electron chi connectivity index (χ1n) is 8.68. The van der Waals surface area contributed by atoms with Gasteiger partial charge >= 0.3 is 0 Å². The molecule has 0 aromatic rings. The maximum atomic E-state index is 10.4.